The fraction of sp³-hybridized carbons (Fsp3) is 0.688. The minimum atomic E-state index is 0.0274. The maximum absolute atomic E-state index is 12.6. The lowest BCUT2D eigenvalue weighted by Crippen LogP contribution is -2.42. The SMILES string of the molecule is CCC1NC(C2CCCC2)N(Cc2cscc2C)C1=O. The van der Waals surface area contributed by atoms with Crippen molar-refractivity contribution in [3.8, 4) is 0 Å². The third-order valence-electron chi connectivity index (χ3n) is 4.85. The van der Waals surface area contributed by atoms with E-state index in [1.807, 2.05) is 0 Å². The van der Waals surface area contributed by atoms with Crippen molar-refractivity contribution >= 4 is 17.2 Å². The van der Waals surface area contributed by atoms with E-state index in [0.29, 0.717) is 11.8 Å². The Morgan fingerprint density at radius 3 is 2.70 bits per heavy atom. The number of rotatable bonds is 4. The van der Waals surface area contributed by atoms with Crippen molar-refractivity contribution < 1.29 is 4.79 Å². The van der Waals surface area contributed by atoms with E-state index < -0.39 is 0 Å². The predicted molar refractivity (Wildman–Crippen MR) is 82.6 cm³/mol. The van der Waals surface area contributed by atoms with Crippen LogP contribution in [0.1, 0.15) is 50.2 Å². The summed E-state index contributed by atoms with van der Waals surface area (Å²) in [6, 6.07) is 0.0274. The quantitative estimate of drug-likeness (QED) is 0.923. The highest BCUT2D eigenvalue weighted by Crippen LogP contribution is 2.33. The van der Waals surface area contributed by atoms with Gasteiger partial charge in [0, 0.05) is 6.54 Å². The zero-order valence-electron chi connectivity index (χ0n) is 12.4. The third kappa shape index (κ3) is 2.51. The number of aryl methyl sites for hydroxylation is 1. The molecular formula is C16H24N2OS. The Morgan fingerprint density at radius 2 is 2.10 bits per heavy atom. The molecule has 110 valence electrons. The fourth-order valence-corrected chi connectivity index (χ4v) is 4.42. The topological polar surface area (TPSA) is 32.3 Å². The molecule has 2 heterocycles. The van der Waals surface area contributed by atoms with Crippen LogP contribution in [-0.4, -0.2) is 23.0 Å². The van der Waals surface area contributed by atoms with Gasteiger partial charge in [-0.2, -0.15) is 11.3 Å². The lowest BCUT2D eigenvalue weighted by atomic mass is 10.0. The summed E-state index contributed by atoms with van der Waals surface area (Å²) in [7, 11) is 0. The molecular weight excluding hydrogens is 268 g/mol. The number of hydrogen-bond donors (Lipinski definition) is 1. The fourth-order valence-electron chi connectivity index (χ4n) is 3.57. The molecule has 2 unspecified atom stereocenters. The zero-order valence-corrected chi connectivity index (χ0v) is 13.2. The van der Waals surface area contributed by atoms with Crippen LogP contribution in [0.2, 0.25) is 0 Å². The predicted octanol–water partition coefficient (Wildman–Crippen LogP) is 3.28. The van der Waals surface area contributed by atoms with E-state index in [9.17, 15) is 4.79 Å². The van der Waals surface area contributed by atoms with Crippen LogP contribution >= 0.6 is 11.3 Å². The molecule has 1 aliphatic carbocycles. The Bertz CT molecular complexity index is 479. The summed E-state index contributed by atoms with van der Waals surface area (Å²) < 4.78 is 0. The summed E-state index contributed by atoms with van der Waals surface area (Å²) >= 11 is 1.73. The number of hydrogen-bond acceptors (Lipinski definition) is 3. The minimum absolute atomic E-state index is 0.0274. The molecule has 2 atom stereocenters. The van der Waals surface area contributed by atoms with Gasteiger partial charge in [-0.25, -0.2) is 0 Å². The molecule has 0 spiro atoms. The average Bonchev–Trinajstić information content (AvgIpc) is 3.14. The van der Waals surface area contributed by atoms with Gasteiger partial charge in [0.05, 0.1) is 12.2 Å². The molecule has 3 rings (SSSR count). The van der Waals surface area contributed by atoms with Gasteiger partial charge in [0.15, 0.2) is 0 Å². The maximum Gasteiger partial charge on any atom is 0.241 e. The number of amides is 1. The summed E-state index contributed by atoms with van der Waals surface area (Å²) in [6.45, 7) is 5.02. The Hall–Kier alpha value is -0.870. The van der Waals surface area contributed by atoms with E-state index >= 15 is 0 Å². The maximum atomic E-state index is 12.6. The molecule has 1 amide bonds. The lowest BCUT2D eigenvalue weighted by Gasteiger charge is -2.29. The molecule has 1 aromatic heterocycles. The third-order valence-corrected chi connectivity index (χ3v) is 5.76. The second-order valence-electron chi connectivity index (χ2n) is 6.16. The van der Waals surface area contributed by atoms with Gasteiger partial charge in [0.25, 0.3) is 0 Å². The van der Waals surface area contributed by atoms with Gasteiger partial charge in [-0.3, -0.25) is 10.1 Å². The van der Waals surface area contributed by atoms with E-state index in [1.54, 1.807) is 11.3 Å². The normalized spacial score (nSPS) is 27.7. The molecule has 4 heteroatoms. The second kappa shape index (κ2) is 5.86. The standard InChI is InChI=1S/C16H24N2OS/c1-3-14-16(19)18(8-13-10-20-9-11(13)2)15(17-14)12-6-4-5-7-12/h9-10,12,14-15,17H,3-8H2,1-2H3. The summed E-state index contributed by atoms with van der Waals surface area (Å²) in [5, 5.41) is 7.95. The van der Waals surface area contributed by atoms with Crippen LogP contribution < -0.4 is 5.32 Å². The summed E-state index contributed by atoms with van der Waals surface area (Å²) in [6.07, 6.45) is 6.31. The average molecular weight is 292 g/mol. The van der Waals surface area contributed by atoms with Gasteiger partial charge in [0.1, 0.15) is 0 Å². The summed E-state index contributed by atoms with van der Waals surface area (Å²) in [5.41, 5.74) is 2.62. The van der Waals surface area contributed by atoms with Crippen molar-refractivity contribution in [2.45, 2.75) is 64.7 Å². The van der Waals surface area contributed by atoms with Crippen molar-refractivity contribution in [3.63, 3.8) is 0 Å². The van der Waals surface area contributed by atoms with Crippen LogP contribution in [0.25, 0.3) is 0 Å². The first kappa shape index (κ1) is 14.1. The number of thiophene rings is 1. The van der Waals surface area contributed by atoms with Crippen molar-refractivity contribution in [3.05, 3.63) is 21.9 Å². The molecule has 1 aromatic rings. The molecule has 20 heavy (non-hydrogen) atoms. The molecule has 3 nitrogen and oxygen atoms in total. The smallest absolute Gasteiger partial charge is 0.241 e. The minimum Gasteiger partial charge on any atom is -0.321 e. The molecule has 0 radical (unpaired) electrons. The van der Waals surface area contributed by atoms with Gasteiger partial charge >= 0.3 is 0 Å². The van der Waals surface area contributed by atoms with E-state index in [-0.39, 0.29) is 12.2 Å². The molecule has 1 N–H and O–H groups in total. The first-order valence-corrected chi connectivity index (χ1v) is 8.73. The van der Waals surface area contributed by atoms with Crippen molar-refractivity contribution in [2.75, 3.05) is 0 Å². The molecule has 0 aromatic carbocycles. The molecule has 1 saturated carbocycles. The first-order chi connectivity index (χ1) is 9.70. The Morgan fingerprint density at radius 1 is 1.35 bits per heavy atom. The molecule has 2 aliphatic rings. The Labute approximate surface area is 125 Å². The molecule has 2 fully saturated rings. The number of carbonyl (C=O) groups excluding carboxylic acids is 1. The van der Waals surface area contributed by atoms with Crippen LogP contribution in [0.3, 0.4) is 0 Å². The largest absolute Gasteiger partial charge is 0.321 e. The zero-order chi connectivity index (χ0) is 14.1. The Balaban J connectivity index is 1.80. The number of nitrogens with one attached hydrogen (secondary N) is 1. The van der Waals surface area contributed by atoms with Crippen molar-refractivity contribution in [2.24, 2.45) is 5.92 Å². The van der Waals surface area contributed by atoms with E-state index in [1.165, 1.54) is 36.8 Å². The highest BCUT2D eigenvalue weighted by Gasteiger charge is 2.42. The summed E-state index contributed by atoms with van der Waals surface area (Å²) in [5.74, 6) is 0.949. The highest BCUT2D eigenvalue weighted by molar-refractivity contribution is 7.08. The first-order valence-electron chi connectivity index (χ1n) is 7.79. The van der Waals surface area contributed by atoms with Crippen LogP contribution in [0.15, 0.2) is 10.8 Å². The molecule has 1 saturated heterocycles. The van der Waals surface area contributed by atoms with Gasteiger partial charge < -0.3 is 4.90 Å². The van der Waals surface area contributed by atoms with Crippen LogP contribution in [0.4, 0.5) is 0 Å². The van der Waals surface area contributed by atoms with E-state index in [2.05, 4.69) is 34.8 Å². The van der Waals surface area contributed by atoms with Gasteiger partial charge in [-0.1, -0.05) is 19.8 Å². The van der Waals surface area contributed by atoms with Crippen molar-refractivity contribution in [1.29, 1.82) is 0 Å². The van der Waals surface area contributed by atoms with E-state index in [0.717, 1.165) is 13.0 Å². The Kier molecular flexibility index (Phi) is 4.13. The second-order valence-corrected chi connectivity index (χ2v) is 6.91. The van der Waals surface area contributed by atoms with Crippen LogP contribution in [0, 0.1) is 12.8 Å². The van der Waals surface area contributed by atoms with E-state index in [4.69, 9.17) is 0 Å². The monoisotopic (exact) mass is 292 g/mol. The molecule has 0 bridgehead atoms. The van der Waals surface area contributed by atoms with Crippen LogP contribution in [0.5, 0.6) is 0 Å². The van der Waals surface area contributed by atoms with Crippen molar-refractivity contribution in [1.82, 2.24) is 10.2 Å². The van der Waals surface area contributed by atoms with Gasteiger partial charge in [-0.05, 0) is 54.0 Å². The number of carbonyl (C=O) groups is 1. The summed E-state index contributed by atoms with van der Waals surface area (Å²) in [4.78, 5) is 14.7. The lowest BCUT2D eigenvalue weighted by molar-refractivity contribution is -0.131. The van der Waals surface area contributed by atoms with Gasteiger partial charge in [-0.15, -0.1) is 0 Å². The van der Waals surface area contributed by atoms with Gasteiger partial charge in [0.2, 0.25) is 5.91 Å². The highest BCUT2D eigenvalue weighted by atomic mass is 32.1. The van der Waals surface area contributed by atoms with Crippen LogP contribution in [-0.2, 0) is 11.3 Å². The molecule has 1 aliphatic heterocycles. The number of nitrogens with zero attached hydrogens (tertiary/aromatic N) is 1.